The molecule has 0 bridgehead atoms. The van der Waals surface area contributed by atoms with Crippen molar-refractivity contribution in [2.45, 2.75) is 13.8 Å². The Balaban J connectivity index is 2.87. The Morgan fingerprint density at radius 2 is 2.00 bits per heavy atom. The zero-order valence-corrected chi connectivity index (χ0v) is 9.97. The molecule has 5 heteroatoms. The minimum Gasteiger partial charge on any atom is -0.494 e. The standard InChI is InChI=1S/C12H14F2N2O/c1-12(2,6-15)7-16-10-4-9(14)11(17-3)5-8(10)13/h4-5,16H,7H2,1-3H3. The molecular weight excluding hydrogens is 226 g/mol. The van der Waals surface area contributed by atoms with Crippen LogP contribution in [0.1, 0.15) is 13.8 Å². The summed E-state index contributed by atoms with van der Waals surface area (Å²) in [5, 5.41) is 11.5. The summed E-state index contributed by atoms with van der Waals surface area (Å²) < 4.78 is 31.5. The number of nitriles is 1. The molecule has 0 aliphatic rings. The van der Waals surface area contributed by atoms with E-state index in [1.807, 2.05) is 0 Å². The van der Waals surface area contributed by atoms with Crippen molar-refractivity contribution in [3.05, 3.63) is 23.8 Å². The number of nitrogens with one attached hydrogen (secondary N) is 1. The molecule has 1 N–H and O–H groups in total. The van der Waals surface area contributed by atoms with Gasteiger partial charge in [0.25, 0.3) is 0 Å². The maximum Gasteiger partial charge on any atom is 0.167 e. The zero-order valence-electron chi connectivity index (χ0n) is 9.97. The van der Waals surface area contributed by atoms with E-state index in [1.165, 1.54) is 7.11 Å². The first kappa shape index (κ1) is 13.2. The van der Waals surface area contributed by atoms with E-state index >= 15 is 0 Å². The summed E-state index contributed by atoms with van der Waals surface area (Å²) in [6.07, 6.45) is 0. The second kappa shape index (κ2) is 5.00. The number of hydrogen-bond donors (Lipinski definition) is 1. The van der Waals surface area contributed by atoms with Crippen LogP contribution in [0.15, 0.2) is 12.1 Å². The Hall–Kier alpha value is -1.83. The highest BCUT2D eigenvalue weighted by Gasteiger charge is 2.18. The molecule has 0 amide bonds. The molecule has 0 heterocycles. The summed E-state index contributed by atoms with van der Waals surface area (Å²) in [4.78, 5) is 0. The minimum absolute atomic E-state index is 0.0200. The monoisotopic (exact) mass is 240 g/mol. The van der Waals surface area contributed by atoms with Crippen LogP contribution in [0.2, 0.25) is 0 Å². The molecule has 0 unspecified atom stereocenters. The molecule has 3 nitrogen and oxygen atoms in total. The molecule has 0 spiro atoms. The van der Waals surface area contributed by atoms with Gasteiger partial charge in [0, 0.05) is 18.7 Å². The maximum atomic E-state index is 13.5. The highest BCUT2D eigenvalue weighted by Crippen LogP contribution is 2.25. The normalized spacial score (nSPS) is 10.8. The van der Waals surface area contributed by atoms with E-state index in [-0.39, 0.29) is 18.0 Å². The van der Waals surface area contributed by atoms with Crippen LogP contribution >= 0.6 is 0 Å². The van der Waals surface area contributed by atoms with Crippen LogP contribution in [0.5, 0.6) is 5.75 Å². The van der Waals surface area contributed by atoms with Gasteiger partial charge < -0.3 is 10.1 Å². The molecule has 1 aromatic carbocycles. The summed E-state index contributed by atoms with van der Waals surface area (Å²) in [7, 11) is 1.27. The van der Waals surface area contributed by atoms with E-state index in [1.54, 1.807) is 13.8 Å². The van der Waals surface area contributed by atoms with Crippen molar-refractivity contribution in [3.63, 3.8) is 0 Å². The van der Waals surface area contributed by atoms with Gasteiger partial charge in [0.05, 0.1) is 24.3 Å². The van der Waals surface area contributed by atoms with Crippen molar-refractivity contribution in [1.82, 2.24) is 0 Å². The predicted molar refractivity (Wildman–Crippen MR) is 60.8 cm³/mol. The van der Waals surface area contributed by atoms with Gasteiger partial charge in [-0.2, -0.15) is 5.26 Å². The van der Waals surface area contributed by atoms with E-state index in [9.17, 15) is 8.78 Å². The number of nitrogens with zero attached hydrogens (tertiary/aromatic N) is 1. The Morgan fingerprint density at radius 1 is 1.35 bits per heavy atom. The summed E-state index contributed by atoms with van der Waals surface area (Å²) >= 11 is 0. The lowest BCUT2D eigenvalue weighted by Gasteiger charge is -2.17. The SMILES string of the molecule is COc1cc(F)c(NCC(C)(C)C#N)cc1F. The van der Waals surface area contributed by atoms with Crippen LogP contribution in [0.3, 0.4) is 0 Å². The van der Waals surface area contributed by atoms with Crippen molar-refractivity contribution in [1.29, 1.82) is 5.26 Å². The topological polar surface area (TPSA) is 45.0 Å². The quantitative estimate of drug-likeness (QED) is 0.880. The fraction of sp³-hybridized carbons (Fsp3) is 0.417. The number of halogens is 2. The van der Waals surface area contributed by atoms with Gasteiger partial charge in [0.15, 0.2) is 11.6 Å². The Morgan fingerprint density at radius 3 is 2.53 bits per heavy atom. The number of methoxy groups -OCH3 is 1. The Kier molecular flexibility index (Phi) is 3.89. The van der Waals surface area contributed by atoms with Crippen molar-refractivity contribution in [2.75, 3.05) is 19.0 Å². The first-order chi connectivity index (χ1) is 7.89. The first-order valence-electron chi connectivity index (χ1n) is 5.08. The molecular formula is C12H14F2N2O. The van der Waals surface area contributed by atoms with Gasteiger partial charge in [0.1, 0.15) is 5.82 Å². The third-order valence-corrected chi connectivity index (χ3v) is 2.26. The van der Waals surface area contributed by atoms with Crippen LogP contribution in [0.4, 0.5) is 14.5 Å². The van der Waals surface area contributed by atoms with Crippen LogP contribution in [0.25, 0.3) is 0 Å². The van der Waals surface area contributed by atoms with Gasteiger partial charge >= 0.3 is 0 Å². The lowest BCUT2D eigenvalue weighted by atomic mass is 9.96. The molecule has 0 saturated carbocycles. The molecule has 0 aliphatic carbocycles. The fourth-order valence-corrected chi connectivity index (χ4v) is 1.18. The maximum absolute atomic E-state index is 13.5. The lowest BCUT2D eigenvalue weighted by molar-refractivity contribution is 0.383. The molecule has 0 atom stereocenters. The minimum atomic E-state index is -0.650. The van der Waals surface area contributed by atoms with Crippen molar-refractivity contribution < 1.29 is 13.5 Å². The summed E-state index contributed by atoms with van der Waals surface area (Å²) in [6, 6.07) is 4.05. The third-order valence-electron chi connectivity index (χ3n) is 2.26. The number of rotatable bonds is 4. The summed E-state index contributed by atoms with van der Waals surface area (Å²) in [5.41, 5.74) is -0.630. The molecule has 1 rings (SSSR count). The molecule has 0 aliphatic heterocycles. The van der Waals surface area contributed by atoms with Gasteiger partial charge in [-0.15, -0.1) is 0 Å². The van der Waals surface area contributed by atoms with E-state index in [0.717, 1.165) is 12.1 Å². The van der Waals surface area contributed by atoms with Crippen LogP contribution < -0.4 is 10.1 Å². The molecule has 0 aromatic heterocycles. The zero-order chi connectivity index (χ0) is 13.1. The number of anilines is 1. The summed E-state index contributed by atoms with van der Waals surface area (Å²) in [5.74, 6) is -1.41. The molecule has 1 aromatic rings. The average molecular weight is 240 g/mol. The highest BCUT2D eigenvalue weighted by molar-refractivity contribution is 5.49. The van der Waals surface area contributed by atoms with Gasteiger partial charge in [0.2, 0.25) is 0 Å². The van der Waals surface area contributed by atoms with E-state index in [0.29, 0.717) is 0 Å². The Bertz CT molecular complexity index is 453. The molecule has 0 radical (unpaired) electrons. The van der Waals surface area contributed by atoms with Crippen LogP contribution in [0, 0.1) is 28.4 Å². The fourth-order valence-electron chi connectivity index (χ4n) is 1.18. The predicted octanol–water partition coefficient (Wildman–Crippen LogP) is 2.94. The van der Waals surface area contributed by atoms with Crippen molar-refractivity contribution >= 4 is 5.69 Å². The van der Waals surface area contributed by atoms with Crippen LogP contribution in [-0.2, 0) is 0 Å². The second-order valence-electron chi connectivity index (χ2n) is 4.32. The molecule has 0 saturated heterocycles. The van der Waals surface area contributed by atoms with Crippen molar-refractivity contribution in [2.24, 2.45) is 5.41 Å². The summed E-state index contributed by atoms with van der Waals surface area (Å²) in [6.45, 7) is 3.64. The number of benzene rings is 1. The smallest absolute Gasteiger partial charge is 0.167 e. The first-order valence-corrected chi connectivity index (χ1v) is 5.08. The van der Waals surface area contributed by atoms with E-state index in [4.69, 9.17) is 5.26 Å². The van der Waals surface area contributed by atoms with E-state index in [2.05, 4.69) is 16.1 Å². The second-order valence-corrected chi connectivity index (χ2v) is 4.32. The number of ether oxygens (including phenoxy) is 1. The third kappa shape index (κ3) is 3.31. The van der Waals surface area contributed by atoms with Gasteiger partial charge in [-0.25, -0.2) is 8.78 Å². The number of hydrogen-bond acceptors (Lipinski definition) is 3. The van der Waals surface area contributed by atoms with Crippen molar-refractivity contribution in [3.8, 4) is 11.8 Å². The highest BCUT2D eigenvalue weighted by atomic mass is 19.1. The average Bonchev–Trinajstić information content (AvgIpc) is 2.29. The Labute approximate surface area is 99.0 Å². The molecule has 17 heavy (non-hydrogen) atoms. The molecule has 92 valence electrons. The van der Waals surface area contributed by atoms with Crippen LogP contribution in [-0.4, -0.2) is 13.7 Å². The van der Waals surface area contributed by atoms with Gasteiger partial charge in [-0.1, -0.05) is 0 Å². The largest absolute Gasteiger partial charge is 0.494 e. The molecule has 0 fully saturated rings. The lowest BCUT2D eigenvalue weighted by Crippen LogP contribution is -2.21. The van der Waals surface area contributed by atoms with Gasteiger partial charge in [-0.3, -0.25) is 0 Å². The van der Waals surface area contributed by atoms with E-state index < -0.39 is 17.0 Å². The van der Waals surface area contributed by atoms with Gasteiger partial charge in [-0.05, 0) is 13.8 Å².